The number of fused-ring (bicyclic) bond motifs is 2. The van der Waals surface area contributed by atoms with Crippen LogP contribution in [0.25, 0.3) is 11.2 Å². The average Bonchev–Trinajstić information content (AvgIpc) is 3.46. The highest BCUT2D eigenvalue weighted by molar-refractivity contribution is 9.10. The summed E-state index contributed by atoms with van der Waals surface area (Å²) in [5.41, 5.74) is 9.24. The summed E-state index contributed by atoms with van der Waals surface area (Å²) in [6, 6.07) is 9.90. The molecule has 3 aromatic rings. The predicted molar refractivity (Wildman–Crippen MR) is 171 cm³/mol. The predicted octanol–water partition coefficient (Wildman–Crippen LogP) is 6.99. The lowest BCUT2D eigenvalue weighted by Crippen LogP contribution is -2.65. The van der Waals surface area contributed by atoms with E-state index in [9.17, 15) is 0 Å². The standard InChI is InChI=1S/C29H44BrN5O5Si2/c1-17(2)41(18(3)4)37-16-23-22(39-42(40-41,19(5)6)20(7)8)14-24(38-23)35-26-25(32-28(35)30)27(34-29(31)33-26)36-15-21-12-10-9-11-13-21/h9-13,17-20,22-24H,14-16H2,1-8H3,(H2,31,33,34)/t22-,23+,24+/m0/s1. The Balaban J connectivity index is 1.50. The number of anilines is 1. The first-order chi connectivity index (χ1) is 19.9. The lowest BCUT2D eigenvalue weighted by Gasteiger charge is -2.51. The maximum Gasteiger partial charge on any atom is 0.335 e. The van der Waals surface area contributed by atoms with Crippen LogP contribution in [-0.2, 0) is 24.3 Å². The summed E-state index contributed by atoms with van der Waals surface area (Å²) in [4.78, 5) is 13.7. The number of aromatic nitrogens is 4. The van der Waals surface area contributed by atoms with Gasteiger partial charge in [0.2, 0.25) is 11.8 Å². The zero-order chi connectivity index (χ0) is 30.4. The lowest BCUT2D eigenvalue weighted by atomic mass is 10.2. The second kappa shape index (κ2) is 12.3. The second-order valence-electron chi connectivity index (χ2n) is 12.6. The molecule has 2 aliphatic rings. The minimum absolute atomic E-state index is 0.104. The Morgan fingerprint density at radius 2 is 1.57 bits per heavy atom. The van der Waals surface area contributed by atoms with Gasteiger partial charge in [-0.1, -0.05) is 85.7 Å². The van der Waals surface area contributed by atoms with E-state index in [4.69, 9.17) is 33.2 Å². The summed E-state index contributed by atoms with van der Waals surface area (Å²) in [7, 11) is -5.42. The van der Waals surface area contributed by atoms with Crippen molar-refractivity contribution in [3.8, 4) is 5.88 Å². The average molecular weight is 679 g/mol. The number of imidazole rings is 1. The summed E-state index contributed by atoms with van der Waals surface area (Å²) in [6.07, 6.45) is -0.268. The topological polar surface area (TPSA) is 116 Å². The van der Waals surface area contributed by atoms with Crippen molar-refractivity contribution >= 4 is 50.2 Å². The normalized spacial score (nSPS) is 24.0. The second-order valence-corrected chi connectivity index (χ2v) is 22.1. The molecule has 2 N–H and O–H groups in total. The number of hydrogen-bond acceptors (Lipinski definition) is 9. The molecule has 2 saturated heterocycles. The highest BCUT2D eigenvalue weighted by Crippen LogP contribution is 2.48. The Hall–Kier alpha value is -1.88. The number of benzene rings is 1. The zero-order valence-corrected chi connectivity index (χ0v) is 29.4. The number of nitrogen functional groups attached to an aromatic ring is 1. The van der Waals surface area contributed by atoms with E-state index >= 15 is 0 Å². The van der Waals surface area contributed by atoms with Gasteiger partial charge in [-0.2, -0.15) is 9.97 Å². The molecule has 0 bridgehead atoms. The van der Waals surface area contributed by atoms with Crippen LogP contribution in [0.4, 0.5) is 5.95 Å². The van der Waals surface area contributed by atoms with Gasteiger partial charge < -0.3 is 28.2 Å². The number of nitrogens with two attached hydrogens (primary N) is 1. The summed E-state index contributed by atoms with van der Waals surface area (Å²) in [6.45, 7) is 18.6. The van der Waals surface area contributed by atoms with Crippen LogP contribution in [-0.4, -0.2) is 55.5 Å². The van der Waals surface area contributed by atoms with Gasteiger partial charge in [-0.25, -0.2) is 4.98 Å². The fraction of sp³-hybridized carbons (Fsp3) is 0.621. The van der Waals surface area contributed by atoms with Gasteiger partial charge in [-0.3, -0.25) is 4.57 Å². The van der Waals surface area contributed by atoms with Crippen molar-refractivity contribution in [1.29, 1.82) is 0 Å². The van der Waals surface area contributed by atoms with Crippen LogP contribution < -0.4 is 10.5 Å². The number of ether oxygens (including phenoxy) is 2. The van der Waals surface area contributed by atoms with E-state index in [0.29, 0.717) is 41.4 Å². The van der Waals surface area contributed by atoms with Crippen LogP contribution >= 0.6 is 15.9 Å². The summed E-state index contributed by atoms with van der Waals surface area (Å²) in [5, 5.41) is 0. The van der Waals surface area contributed by atoms with Crippen LogP contribution in [0, 0.1) is 0 Å². The Bertz CT molecular complexity index is 1370. The molecule has 0 saturated carbocycles. The summed E-state index contributed by atoms with van der Waals surface area (Å²) >= 11 is 3.66. The highest BCUT2D eigenvalue weighted by Gasteiger charge is 2.60. The highest BCUT2D eigenvalue weighted by atomic mass is 79.9. The van der Waals surface area contributed by atoms with Crippen LogP contribution in [0.3, 0.4) is 0 Å². The molecule has 5 rings (SSSR count). The van der Waals surface area contributed by atoms with Crippen molar-refractivity contribution in [2.24, 2.45) is 0 Å². The maximum absolute atomic E-state index is 7.33. The zero-order valence-electron chi connectivity index (χ0n) is 25.8. The van der Waals surface area contributed by atoms with Gasteiger partial charge in [0.05, 0.1) is 12.7 Å². The van der Waals surface area contributed by atoms with Crippen LogP contribution in [0.1, 0.15) is 73.6 Å². The van der Waals surface area contributed by atoms with E-state index in [-0.39, 0.29) is 40.3 Å². The molecule has 13 heteroatoms. The number of rotatable bonds is 8. The SMILES string of the molecule is CC(C)[Si]1(C(C)C)OC[C@H]2O[C@@H](n3c(Br)nc4c(OCc5ccccc5)nc(N)nc43)C[C@@H]2O[Si](C(C)C)(C(C)C)O1. The Labute approximate surface area is 259 Å². The monoisotopic (exact) mass is 677 g/mol. The van der Waals surface area contributed by atoms with Crippen molar-refractivity contribution < 1.29 is 22.4 Å². The molecule has 2 aromatic heterocycles. The first kappa shape index (κ1) is 31.5. The number of halogens is 1. The van der Waals surface area contributed by atoms with Crippen LogP contribution in [0.2, 0.25) is 22.2 Å². The van der Waals surface area contributed by atoms with Gasteiger partial charge in [0.1, 0.15) is 18.9 Å². The molecule has 2 aliphatic heterocycles. The van der Waals surface area contributed by atoms with Crippen molar-refractivity contribution in [3.63, 3.8) is 0 Å². The molecule has 0 spiro atoms. The van der Waals surface area contributed by atoms with Gasteiger partial charge in [0.25, 0.3) is 0 Å². The molecule has 0 aliphatic carbocycles. The van der Waals surface area contributed by atoms with Crippen molar-refractivity contribution in [2.75, 3.05) is 12.3 Å². The van der Waals surface area contributed by atoms with Crippen molar-refractivity contribution in [3.05, 3.63) is 40.6 Å². The third-order valence-corrected chi connectivity index (χ3v) is 19.4. The molecule has 0 amide bonds. The molecule has 230 valence electrons. The van der Waals surface area contributed by atoms with E-state index in [1.165, 1.54) is 0 Å². The van der Waals surface area contributed by atoms with Gasteiger partial charge in [0, 0.05) is 6.42 Å². The first-order valence-corrected chi connectivity index (χ1v) is 19.7. The minimum atomic E-state index is -2.75. The van der Waals surface area contributed by atoms with E-state index < -0.39 is 23.3 Å². The smallest absolute Gasteiger partial charge is 0.335 e. The minimum Gasteiger partial charge on any atom is -0.471 e. The van der Waals surface area contributed by atoms with Gasteiger partial charge in [0.15, 0.2) is 15.9 Å². The molecule has 4 heterocycles. The van der Waals surface area contributed by atoms with Crippen molar-refractivity contribution in [1.82, 2.24) is 19.5 Å². The molecule has 0 unspecified atom stereocenters. The number of nitrogens with zero attached hydrogens (tertiary/aromatic N) is 4. The molecule has 0 radical (unpaired) electrons. The maximum atomic E-state index is 7.33. The van der Waals surface area contributed by atoms with Gasteiger partial charge >= 0.3 is 17.1 Å². The Morgan fingerprint density at radius 1 is 0.929 bits per heavy atom. The fourth-order valence-electron chi connectivity index (χ4n) is 6.31. The van der Waals surface area contributed by atoms with Crippen LogP contribution in [0.15, 0.2) is 35.1 Å². The quantitative estimate of drug-likeness (QED) is 0.199. The fourth-order valence-corrected chi connectivity index (χ4v) is 18.1. The van der Waals surface area contributed by atoms with Gasteiger partial charge in [-0.15, -0.1) is 0 Å². The van der Waals surface area contributed by atoms with Gasteiger partial charge in [-0.05, 0) is 43.7 Å². The molecule has 42 heavy (non-hydrogen) atoms. The number of hydrogen-bond donors (Lipinski definition) is 1. The first-order valence-electron chi connectivity index (χ1n) is 14.9. The molecule has 1 aromatic carbocycles. The molecular formula is C29H44BrN5O5Si2. The van der Waals surface area contributed by atoms with E-state index in [1.54, 1.807) is 0 Å². The van der Waals surface area contributed by atoms with Crippen LogP contribution in [0.5, 0.6) is 5.88 Å². The lowest BCUT2D eigenvalue weighted by molar-refractivity contribution is -0.0550. The summed E-state index contributed by atoms with van der Waals surface area (Å²) in [5.74, 6) is 0.431. The Morgan fingerprint density at radius 3 is 2.19 bits per heavy atom. The largest absolute Gasteiger partial charge is 0.471 e. The molecular weight excluding hydrogens is 634 g/mol. The molecule has 3 atom stereocenters. The Kier molecular flexibility index (Phi) is 9.20. The molecule has 2 fully saturated rings. The summed E-state index contributed by atoms with van der Waals surface area (Å²) < 4.78 is 36.7. The third-order valence-electron chi connectivity index (χ3n) is 8.52. The van der Waals surface area contributed by atoms with E-state index in [2.05, 4.69) is 81.3 Å². The third kappa shape index (κ3) is 5.69. The molecule has 10 nitrogen and oxygen atoms in total. The van der Waals surface area contributed by atoms with Crippen molar-refractivity contribution in [2.45, 2.75) is 109 Å². The van der Waals surface area contributed by atoms with E-state index in [0.717, 1.165) is 5.56 Å². The van der Waals surface area contributed by atoms with E-state index in [1.807, 2.05) is 34.9 Å².